The van der Waals surface area contributed by atoms with E-state index in [-0.39, 0.29) is 18.0 Å². The normalized spacial score (nSPS) is 44.1. The van der Waals surface area contributed by atoms with Gasteiger partial charge in [-0.05, 0) is 26.2 Å². The highest BCUT2D eigenvalue weighted by atomic mass is 16.8. The lowest BCUT2D eigenvalue weighted by Crippen LogP contribution is -2.36. The van der Waals surface area contributed by atoms with Crippen LogP contribution in [0, 0.1) is 5.92 Å². The molecule has 1 saturated carbocycles. The van der Waals surface area contributed by atoms with Gasteiger partial charge in [0.25, 0.3) is 0 Å². The molecule has 13 heavy (non-hydrogen) atoms. The first kappa shape index (κ1) is 9.47. The van der Waals surface area contributed by atoms with Crippen LogP contribution in [0.1, 0.15) is 46.5 Å². The van der Waals surface area contributed by atoms with E-state index in [1.54, 1.807) is 0 Å². The predicted molar refractivity (Wildman–Crippen MR) is 51.5 cm³/mol. The van der Waals surface area contributed by atoms with Gasteiger partial charge in [-0.25, -0.2) is 0 Å². The Morgan fingerprint density at radius 3 is 2.23 bits per heavy atom. The van der Waals surface area contributed by atoms with Crippen LogP contribution in [0.3, 0.4) is 0 Å². The summed E-state index contributed by atoms with van der Waals surface area (Å²) in [6.07, 6.45) is 5.29. The lowest BCUT2D eigenvalue weighted by atomic mass is 9.86. The highest BCUT2D eigenvalue weighted by Crippen LogP contribution is 2.42. The van der Waals surface area contributed by atoms with E-state index in [9.17, 15) is 0 Å². The maximum atomic E-state index is 5.95. The van der Waals surface area contributed by atoms with Crippen molar-refractivity contribution in [2.75, 3.05) is 0 Å². The van der Waals surface area contributed by atoms with Crippen molar-refractivity contribution >= 4 is 0 Å². The number of ether oxygens (including phenoxy) is 2. The lowest BCUT2D eigenvalue weighted by molar-refractivity contribution is -0.199. The summed E-state index contributed by atoms with van der Waals surface area (Å²) in [5.41, 5.74) is 0. The van der Waals surface area contributed by atoms with Gasteiger partial charge in [0.1, 0.15) is 0 Å². The molecular weight excluding hydrogens is 164 g/mol. The molecule has 1 aliphatic heterocycles. The molecule has 0 bridgehead atoms. The zero-order valence-electron chi connectivity index (χ0n) is 8.88. The molecule has 0 aromatic heterocycles. The summed E-state index contributed by atoms with van der Waals surface area (Å²) in [6.45, 7) is 6.51. The van der Waals surface area contributed by atoms with Crippen molar-refractivity contribution < 1.29 is 9.47 Å². The van der Waals surface area contributed by atoms with E-state index in [1.165, 1.54) is 12.8 Å². The maximum Gasteiger partial charge on any atom is 0.169 e. The highest BCUT2D eigenvalue weighted by Gasteiger charge is 2.45. The van der Waals surface area contributed by atoms with Gasteiger partial charge in [0.2, 0.25) is 0 Å². The van der Waals surface area contributed by atoms with Gasteiger partial charge in [-0.1, -0.05) is 13.3 Å². The molecule has 2 fully saturated rings. The number of rotatable bonds is 0. The molecule has 2 nitrogen and oxygen atoms in total. The third kappa shape index (κ3) is 1.75. The molecule has 1 saturated heterocycles. The molecule has 1 unspecified atom stereocenters. The van der Waals surface area contributed by atoms with Crippen LogP contribution in [-0.2, 0) is 9.47 Å². The molecule has 0 amide bonds. The van der Waals surface area contributed by atoms with Gasteiger partial charge < -0.3 is 9.47 Å². The van der Waals surface area contributed by atoms with Gasteiger partial charge in [-0.3, -0.25) is 0 Å². The molecule has 1 heterocycles. The maximum absolute atomic E-state index is 5.95. The summed E-state index contributed by atoms with van der Waals surface area (Å²) in [5, 5.41) is 0. The van der Waals surface area contributed by atoms with E-state index in [1.807, 2.05) is 0 Å². The second kappa shape index (κ2) is 3.25. The van der Waals surface area contributed by atoms with Crippen LogP contribution in [0.2, 0.25) is 0 Å². The number of hydrogen-bond acceptors (Lipinski definition) is 2. The molecular formula is C11H20O2. The Hall–Kier alpha value is -0.0800. The van der Waals surface area contributed by atoms with Gasteiger partial charge in [0, 0.05) is 12.8 Å². The van der Waals surface area contributed by atoms with Crippen LogP contribution < -0.4 is 0 Å². The molecule has 2 aliphatic rings. The van der Waals surface area contributed by atoms with E-state index in [2.05, 4.69) is 20.8 Å². The summed E-state index contributed by atoms with van der Waals surface area (Å²) in [7, 11) is 0. The molecule has 0 aromatic carbocycles. The quantitative estimate of drug-likeness (QED) is 0.576. The molecule has 1 aliphatic carbocycles. The average Bonchev–Trinajstić information content (AvgIpc) is 2.26. The third-order valence-corrected chi connectivity index (χ3v) is 3.38. The van der Waals surface area contributed by atoms with E-state index in [4.69, 9.17) is 9.47 Å². The first-order chi connectivity index (χ1) is 6.11. The largest absolute Gasteiger partial charge is 0.344 e. The Kier molecular flexibility index (Phi) is 2.37. The fourth-order valence-corrected chi connectivity index (χ4v) is 2.57. The molecule has 2 heteroatoms. The minimum absolute atomic E-state index is 0.212. The van der Waals surface area contributed by atoms with Crippen molar-refractivity contribution in [3.63, 3.8) is 0 Å². The van der Waals surface area contributed by atoms with Crippen LogP contribution in [0.5, 0.6) is 0 Å². The van der Waals surface area contributed by atoms with Crippen molar-refractivity contribution in [3.8, 4) is 0 Å². The Balaban J connectivity index is 2.04. The monoisotopic (exact) mass is 184 g/mol. The van der Waals surface area contributed by atoms with E-state index in [0.717, 1.165) is 18.8 Å². The number of hydrogen-bond donors (Lipinski definition) is 0. The Morgan fingerprint density at radius 2 is 1.69 bits per heavy atom. The van der Waals surface area contributed by atoms with Crippen molar-refractivity contribution in [1.29, 1.82) is 0 Å². The van der Waals surface area contributed by atoms with Gasteiger partial charge in [0.05, 0.1) is 12.2 Å². The molecule has 0 radical (unpaired) electrons. The van der Waals surface area contributed by atoms with Gasteiger partial charge in [-0.2, -0.15) is 0 Å². The Labute approximate surface area is 80.6 Å². The molecule has 0 N–H and O–H groups in total. The van der Waals surface area contributed by atoms with Crippen molar-refractivity contribution in [1.82, 2.24) is 0 Å². The van der Waals surface area contributed by atoms with E-state index in [0.29, 0.717) is 0 Å². The van der Waals surface area contributed by atoms with Crippen LogP contribution in [0.25, 0.3) is 0 Å². The molecule has 0 aromatic rings. The Morgan fingerprint density at radius 1 is 1.08 bits per heavy atom. The second-order valence-electron chi connectivity index (χ2n) is 4.76. The van der Waals surface area contributed by atoms with Gasteiger partial charge in [0.15, 0.2) is 5.79 Å². The standard InChI is InChI=1S/C11H20O2/c1-8-5-4-6-11(7-8)12-9(2)10(3)13-11/h8-10H,4-7H2,1-3H3/t8?,9-,10-/m1/s1. The van der Waals surface area contributed by atoms with E-state index >= 15 is 0 Å². The fraction of sp³-hybridized carbons (Fsp3) is 1.00. The van der Waals surface area contributed by atoms with Crippen LogP contribution in [-0.4, -0.2) is 18.0 Å². The first-order valence-corrected chi connectivity index (χ1v) is 5.47. The minimum atomic E-state index is -0.212. The van der Waals surface area contributed by atoms with Crippen molar-refractivity contribution in [2.24, 2.45) is 5.92 Å². The van der Waals surface area contributed by atoms with Crippen LogP contribution in [0.15, 0.2) is 0 Å². The molecule has 2 rings (SSSR count). The van der Waals surface area contributed by atoms with Gasteiger partial charge in [-0.15, -0.1) is 0 Å². The van der Waals surface area contributed by atoms with Crippen molar-refractivity contribution in [2.45, 2.75) is 64.4 Å². The SMILES string of the molecule is CC1CCCC2(C1)O[C@H](C)[C@@H](C)O2. The summed E-state index contributed by atoms with van der Waals surface area (Å²) in [5.74, 6) is 0.544. The van der Waals surface area contributed by atoms with Crippen LogP contribution >= 0.6 is 0 Å². The first-order valence-electron chi connectivity index (χ1n) is 5.47. The predicted octanol–water partition coefficient (Wildman–Crippen LogP) is 2.72. The summed E-state index contributed by atoms with van der Waals surface area (Å²) in [4.78, 5) is 0. The summed E-state index contributed by atoms with van der Waals surface area (Å²) in [6, 6.07) is 0. The zero-order chi connectivity index (χ0) is 9.47. The fourth-order valence-electron chi connectivity index (χ4n) is 2.57. The second-order valence-corrected chi connectivity index (χ2v) is 4.76. The lowest BCUT2D eigenvalue weighted by Gasteiger charge is -2.35. The molecule has 76 valence electrons. The van der Waals surface area contributed by atoms with Crippen LogP contribution in [0.4, 0.5) is 0 Å². The summed E-state index contributed by atoms with van der Waals surface area (Å²) < 4.78 is 11.9. The van der Waals surface area contributed by atoms with E-state index < -0.39 is 0 Å². The highest BCUT2D eigenvalue weighted by molar-refractivity contribution is 4.86. The average molecular weight is 184 g/mol. The zero-order valence-corrected chi connectivity index (χ0v) is 8.88. The van der Waals surface area contributed by atoms with Crippen molar-refractivity contribution in [3.05, 3.63) is 0 Å². The topological polar surface area (TPSA) is 18.5 Å². The molecule has 1 spiro atoms. The smallest absolute Gasteiger partial charge is 0.169 e. The summed E-state index contributed by atoms with van der Waals surface area (Å²) >= 11 is 0. The minimum Gasteiger partial charge on any atom is -0.344 e. The third-order valence-electron chi connectivity index (χ3n) is 3.38. The van der Waals surface area contributed by atoms with Gasteiger partial charge >= 0.3 is 0 Å². The molecule has 3 atom stereocenters. The Bertz CT molecular complexity index is 175.